The van der Waals surface area contributed by atoms with E-state index in [1.807, 2.05) is 13.1 Å². The highest BCUT2D eigenvalue weighted by Gasteiger charge is 2.13. The second kappa shape index (κ2) is 5.39. The molecule has 17 heavy (non-hydrogen) atoms. The van der Waals surface area contributed by atoms with Gasteiger partial charge in [0.05, 0.1) is 6.04 Å². The maximum Gasteiger partial charge on any atom is 0.193 e. The molecule has 90 valence electrons. The number of likely N-dealkylation sites (N-methyl/N-ethyl adjacent to an activating group) is 1. The second-order valence-electron chi connectivity index (χ2n) is 4.17. The van der Waals surface area contributed by atoms with Crippen molar-refractivity contribution in [1.82, 2.24) is 5.32 Å². The number of hydrogen-bond acceptors (Lipinski definition) is 2. The van der Waals surface area contributed by atoms with E-state index in [1.54, 1.807) is 6.07 Å². The molecule has 0 spiro atoms. The Labute approximate surface area is 107 Å². The van der Waals surface area contributed by atoms with Crippen LogP contribution in [0.3, 0.4) is 0 Å². The van der Waals surface area contributed by atoms with Gasteiger partial charge in [-0.25, -0.2) is 0 Å². The summed E-state index contributed by atoms with van der Waals surface area (Å²) in [5, 5.41) is 3.68. The second-order valence-corrected chi connectivity index (χ2v) is 4.55. The summed E-state index contributed by atoms with van der Waals surface area (Å²) in [6, 6.07) is 12.4. The van der Waals surface area contributed by atoms with Gasteiger partial charge in [0.15, 0.2) is 5.22 Å². The highest BCUT2D eigenvalue weighted by Crippen LogP contribution is 2.23. The molecule has 0 amide bonds. The summed E-state index contributed by atoms with van der Waals surface area (Å²) in [7, 11) is 1.93. The van der Waals surface area contributed by atoms with E-state index >= 15 is 0 Å². The van der Waals surface area contributed by atoms with Gasteiger partial charge >= 0.3 is 0 Å². The average Bonchev–Trinajstić information content (AvgIpc) is 2.75. The van der Waals surface area contributed by atoms with Crippen molar-refractivity contribution in [3.05, 3.63) is 58.5 Å². The van der Waals surface area contributed by atoms with Crippen molar-refractivity contribution >= 4 is 11.6 Å². The van der Waals surface area contributed by atoms with Crippen molar-refractivity contribution in [1.29, 1.82) is 0 Å². The Morgan fingerprint density at radius 2 is 1.88 bits per heavy atom. The van der Waals surface area contributed by atoms with E-state index in [2.05, 4.69) is 36.5 Å². The fourth-order valence-corrected chi connectivity index (χ4v) is 1.97. The molecule has 0 saturated carbocycles. The highest BCUT2D eigenvalue weighted by atomic mass is 35.5. The summed E-state index contributed by atoms with van der Waals surface area (Å²) in [4.78, 5) is 0. The molecule has 2 nitrogen and oxygen atoms in total. The third-order valence-corrected chi connectivity index (χ3v) is 3.05. The Hall–Kier alpha value is -1.25. The zero-order valence-corrected chi connectivity index (χ0v) is 10.8. The van der Waals surface area contributed by atoms with Crippen LogP contribution in [0.25, 0.3) is 0 Å². The summed E-state index contributed by atoms with van der Waals surface area (Å²) in [5.41, 5.74) is 2.55. The maximum absolute atomic E-state index is 5.79. The monoisotopic (exact) mass is 249 g/mol. The molecule has 1 unspecified atom stereocenters. The van der Waals surface area contributed by atoms with Gasteiger partial charge in [0.25, 0.3) is 0 Å². The molecular formula is C14H16ClNO. The van der Waals surface area contributed by atoms with E-state index in [9.17, 15) is 0 Å². The summed E-state index contributed by atoms with van der Waals surface area (Å²) in [6.07, 6.45) is 0.890. The van der Waals surface area contributed by atoms with Gasteiger partial charge < -0.3 is 9.73 Å². The summed E-state index contributed by atoms with van der Waals surface area (Å²) < 4.78 is 5.44. The molecule has 0 saturated heterocycles. The van der Waals surface area contributed by atoms with Gasteiger partial charge in [0, 0.05) is 0 Å². The quantitative estimate of drug-likeness (QED) is 0.893. The van der Waals surface area contributed by atoms with Gasteiger partial charge in [-0.05, 0) is 49.7 Å². The zero-order chi connectivity index (χ0) is 12.3. The van der Waals surface area contributed by atoms with E-state index in [0.717, 1.165) is 12.2 Å². The first-order chi connectivity index (χ1) is 8.19. The van der Waals surface area contributed by atoms with E-state index in [-0.39, 0.29) is 6.04 Å². The Balaban J connectivity index is 2.12. The van der Waals surface area contributed by atoms with E-state index in [1.165, 1.54) is 11.1 Å². The molecule has 0 aliphatic carbocycles. The van der Waals surface area contributed by atoms with Crippen LogP contribution < -0.4 is 5.32 Å². The first-order valence-corrected chi connectivity index (χ1v) is 6.05. The molecule has 1 aromatic heterocycles. The fraction of sp³-hybridized carbons (Fsp3) is 0.286. The Morgan fingerprint density at radius 1 is 1.18 bits per heavy atom. The molecule has 1 N–H and O–H groups in total. The van der Waals surface area contributed by atoms with E-state index in [0.29, 0.717) is 5.22 Å². The van der Waals surface area contributed by atoms with Crippen molar-refractivity contribution in [2.75, 3.05) is 7.05 Å². The lowest BCUT2D eigenvalue weighted by Gasteiger charge is -2.13. The predicted octanol–water partition coefficient (Wildman–Crippen LogP) is 3.74. The summed E-state index contributed by atoms with van der Waals surface area (Å²) in [6.45, 7) is 2.09. The number of furan rings is 1. The molecule has 2 rings (SSSR count). The lowest BCUT2D eigenvalue weighted by atomic mass is 10.0. The molecule has 0 aliphatic rings. The molecule has 2 aromatic rings. The van der Waals surface area contributed by atoms with Gasteiger partial charge in [-0.1, -0.05) is 29.8 Å². The first-order valence-electron chi connectivity index (χ1n) is 5.67. The molecule has 3 heteroatoms. The minimum Gasteiger partial charge on any atom is -0.448 e. The Bertz CT molecular complexity index is 475. The maximum atomic E-state index is 5.79. The number of hydrogen-bond donors (Lipinski definition) is 1. The minimum atomic E-state index is 0.158. The van der Waals surface area contributed by atoms with Crippen LogP contribution in [0.1, 0.15) is 22.9 Å². The van der Waals surface area contributed by atoms with Gasteiger partial charge in [-0.2, -0.15) is 0 Å². The van der Waals surface area contributed by atoms with Crippen LogP contribution in [0, 0.1) is 6.92 Å². The molecule has 1 heterocycles. The van der Waals surface area contributed by atoms with Crippen LogP contribution >= 0.6 is 11.6 Å². The van der Waals surface area contributed by atoms with Crippen molar-refractivity contribution in [3.63, 3.8) is 0 Å². The molecule has 1 aromatic carbocycles. The van der Waals surface area contributed by atoms with Crippen LogP contribution in [0.2, 0.25) is 5.22 Å². The molecule has 0 radical (unpaired) electrons. The highest BCUT2D eigenvalue weighted by molar-refractivity contribution is 6.28. The van der Waals surface area contributed by atoms with Crippen LogP contribution in [-0.4, -0.2) is 7.05 Å². The zero-order valence-electron chi connectivity index (χ0n) is 10.0. The first kappa shape index (κ1) is 12.2. The van der Waals surface area contributed by atoms with Gasteiger partial charge in [-0.15, -0.1) is 0 Å². The molecule has 0 aliphatic heterocycles. The number of rotatable bonds is 4. The minimum absolute atomic E-state index is 0.158. The van der Waals surface area contributed by atoms with Crippen LogP contribution in [0.15, 0.2) is 40.8 Å². The number of benzene rings is 1. The topological polar surface area (TPSA) is 25.2 Å². The van der Waals surface area contributed by atoms with Crippen LogP contribution in [0.4, 0.5) is 0 Å². The third-order valence-electron chi connectivity index (χ3n) is 2.85. The van der Waals surface area contributed by atoms with E-state index < -0.39 is 0 Å². The normalized spacial score (nSPS) is 12.6. The third kappa shape index (κ3) is 3.11. The lowest BCUT2D eigenvalue weighted by molar-refractivity contribution is 0.430. The number of aryl methyl sites for hydroxylation is 1. The molecule has 0 fully saturated rings. The van der Waals surface area contributed by atoms with E-state index in [4.69, 9.17) is 16.0 Å². The van der Waals surface area contributed by atoms with Gasteiger partial charge in [-0.3, -0.25) is 0 Å². The fourth-order valence-electron chi connectivity index (χ4n) is 1.82. The smallest absolute Gasteiger partial charge is 0.193 e. The van der Waals surface area contributed by atoms with Crippen molar-refractivity contribution in [2.24, 2.45) is 0 Å². The number of halogens is 1. The standard InChI is InChI=1S/C14H16ClNO/c1-10-3-5-11(6-4-10)9-12(16-2)13-7-8-14(15)17-13/h3-8,12,16H,9H2,1-2H3. The Kier molecular flexibility index (Phi) is 3.87. The molecule has 1 atom stereocenters. The SMILES string of the molecule is CNC(Cc1ccc(C)cc1)c1ccc(Cl)o1. The summed E-state index contributed by atoms with van der Waals surface area (Å²) >= 11 is 5.79. The van der Waals surface area contributed by atoms with Gasteiger partial charge in [0.2, 0.25) is 0 Å². The molecular weight excluding hydrogens is 234 g/mol. The largest absolute Gasteiger partial charge is 0.448 e. The average molecular weight is 250 g/mol. The predicted molar refractivity (Wildman–Crippen MR) is 70.4 cm³/mol. The lowest BCUT2D eigenvalue weighted by Crippen LogP contribution is -2.18. The van der Waals surface area contributed by atoms with Crippen molar-refractivity contribution in [2.45, 2.75) is 19.4 Å². The van der Waals surface area contributed by atoms with Crippen LogP contribution in [-0.2, 0) is 6.42 Å². The van der Waals surface area contributed by atoms with Crippen LogP contribution in [0.5, 0.6) is 0 Å². The van der Waals surface area contributed by atoms with Crippen molar-refractivity contribution in [3.8, 4) is 0 Å². The Morgan fingerprint density at radius 3 is 2.41 bits per heavy atom. The molecule has 0 bridgehead atoms. The van der Waals surface area contributed by atoms with Crippen molar-refractivity contribution < 1.29 is 4.42 Å². The number of nitrogens with one attached hydrogen (secondary N) is 1. The summed E-state index contributed by atoms with van der Waals surface area (Å²) in [5.74, 6) is 0.873. The van der Waals surface area contributed by atoms with Gasteiger partial charge in [0.1, 0.15) is 5.76 Å².